The van der Waals surface area contributed by atoms with Crippen LogP contribution >= 0.6 is 0 Å². The first-order chi connectivity index (χ1) is 9.98. The third kappa shape index (κ3) is 1.72. The molecule has 0 aromatic carbocycles. The lowest BCUT2D eigenvalue weighted by atomic mass is 9.46. The summed E-state index contributed by atoms with van der Waals surface area (Å²) in [5.41, 5.74) is 5.91. The number of likely N-dealkylation sites (tertiary alicyclic amines) is 1. The van der Waals surface area contributed by atoms with E-state index in [4.69, 9.17) is 5.73 Å². The molecular formula is C17H26N2O2. The average Bonchev–Trinajstić information content (AvgIpc) is 3.05. The number of fused-ring (bicyclic) bond motifs is 1. The van der Waals surface area contributed by atoms with Gasteiger partial charge in [-0.15, -0.1) is 0 Å². The molecule has 0 spiro atoms. The Morgan fingerprint density at radius 2 is 1.90 bits per heavy atom. The van der Waals surface area contributed by atoms with E-state index in [1.54, 1.807) is 0 Å². The number of hydrogen-bond donors (Lipinski definition) is 2. The van der Waals surface area contributed by atoms with Crippen LogP contribution in [0.5, 0.6) is 0 Å². The van der Waals surface area contributed by atoms with E-state index in [0.717, 1.165) is 44.6 Å². The lowest BCUT2D eigenvalue weighted by molar-refractivity contribution is -0.177. The molecule has 1 saturated heterocycles. The summed E-state index contributed by atoms with van der Waals surface area (Å²) in [4.78, 5) is 15.0. The third-order valence-electron chi connectivity index (χ3n) is 7.31. The molecule has 21 heavy (non-hydrogen) atoms. The van der Waals surface area contributed by atoms with E-state index in [-0.39, 0.29) is 17.4 Å². The number of nitrogens with two attached hydrogens (primary N) is 1. The molecule has 1 aliphatic heterocycles. The Morgan fingerprint density at radius 3 is 2.43 bits per heavy atom. The quantitative estimate of drug-likeness (QED) is 0.805. The lowest BCUT2D eigenvalue weighted by Crippen LogP contribution is -2.64. The molecule has 1 amide bonds. The fraction of sp³-hybridized carbons (Fsp3) is 0.941. The number of rotatable bonds is 2. The maximum absolute atomic E-state index is 12.9. The number of carbonyl (C=O) groups excluding carboxylic acids is 1. The second-order valence-electron chi connectivity index (χ2n) is 8.91. The van der Waals surface area contributed by atoms with Gasteiger partial charge in [-0.2, -0.15) is 0 Å². The summed E-state index contributed by atoms with van der Waals surface area (Å²) in [6.45, 7) is 0.912. The van der Waals surface area contributed by atoms with E-state index in [2.05, 4.69) is 4.90 Å². The molecule has 6 fully saturated rings. The van der Waals surface area contributed by atoms with Crippen LogP contribution in [-0.2, 0) is 4.79 Å². The van der Waals surface area contributed by atoms with Gasteiger partial charge >= 0.3 is 0 Å². The van der Waals surface area contributed by atoms with Gasteiger partial charge in [0.25, 0.3) is 0 Å². The Hall–Kier alpha value is -0.610. The standard InChI is InChI=1S/C17H26N2O2/c18-14(15(20)19-2-1-12-4-13(12)19)16-5-10-3-11(6-16)8-17(21,7-10)9-16/h10-14,21H,1-9,18H2. The van der Waals surface area contributed by atoms with E-state index in [9.17, 15) is 9.90 Å². The molecule has 6 rings (SSSR count). The van der Waals surface area contributed by atoms with Crippen molar-refractivity contribution >= 4 is 5.91 Å². The van der Waals surface area contributed by atoms with Crippen LogP contribution in [-0.4, -0.2) is 40.1 Å². The maximum Gasteiger partial charge on any atom is 0.240 e. The summed E-state index contributed by atoms with van der Waals surface area (Å²) in [6.07, 6.45) is 8.41. The van der Waals surface area contributed by atoms with Gasteiger partial charge in [-0.25, -0.2) is 0 Å². The van der Waals surface area contributed by atoms with Crippen LogP contribution in [0.25, 0.3) is 0 Å². The molecule has 6 aliphatic rings. The summed E-state index contributed by atoms with van der Waals surface area (Å²) in [5.74, 6) is 2.15. The van der Waals surface area contributed by atoms with Crippen LogP contribution in [0.1, 0.15) is 51.4 Å². The van der Waals surface area contributed by atoms with Crippen LogP contribution < -0.4 is 5.73 Å². The van der Waals surface area contributed by atoms with Gasteiger partial charge in [0.05, 0.1) is 11.6 Å². The molecule has 1 heterocycles. The highest BCUT2D eigenvalue weighted by atomic mass is 16.3. The second kappa shape index (κ2) is 3.83. The first kappa shape index (κ1) is 12.9. The number of piperidine rings is 1. The molecule has 5 saturated carbocycles. The minimum Gasteiger partial charge on any atom is -0.390 e. The Labute approximate surface area is 126 Å². The van der Waals surface area contributed by atoms with Crippen LogP contribution in [0.4, 0.5) is 0 Å². The van der Waals surface area contributed by atoms with Gasteiger partial charge in [0.15, 0.2) is 0 Å². The van der Waals surface area contributed by atoms with Crippen molar-refractivity contribution in [1.29, 1.82) is 0 Å². The Balaban J connectivity index is 1.42. The van der Waals surface area contributed by atoms with E-state index >= 15 is 0 Å². The molecule has 3 N–H and O–H groups in total. The number of aliphatic hydroxyl groups is 1. The van der Waals surface area contributed by atoms with Gasteiger partial charge < -0.3 is 15.7 Å². The molecule has 5 unspecified atom stereocenters. The predicted molar refractivity (Wildman–Crippen MR) is 78.3 cm³/mol. The fourth-order valence-electron chi connectivity index (χ4n) is 6.76. The van der Waals surface area contributed by atoms with Crippen molar-refractivity contribution in [2.45, 2.75) is 69.1 Å². The minimum atomic E-state index is -0.519. The normalized spacial score (nSPS) is 54.7. The van der Waals surface area contributed by atoms with Crippen molar-refractivity contribution in [2.75, 3.05) is 6.54 Å². The Morgan fingerprint density at radius 1 is 1.19 bits per heavy atom. The summed E-state index contributed by atoms with van der Waals surface area (Å²) < 4.78 is 0. The summed E-state index contributed by atoms with van der Waals surface area (Å²) in [6, 6.07) is 0.120. The minimum absolute atomic E-state index is 0.108. The van der Waals surface area contributed by atoms with Crippen LogP contribution in [0, 0.1) is 23.2 Å². The third-order valence-corrected chi connectivity index (χ3v) is 7.31. The van der Waals surface area contributed by atoms with Crippen molar-refractivity contribution in [3.05, 3.63) is 0 Å². The molecule has 0 aromatic rings. The zero-order chi connectivity index (χ0) is 14.4. The zero-order valence-electron chi connectivity index (χ0n) is 12.6. The van der Waals surface area contributed by atoms with Gasteiger partial charge in [0, 0.05) is 12.6 Å². The van der Waals surface area contributed by atoms with Gasteiger partial charge in [-0.3, -0.25) is 4.79 Å². The highest BCUT2D eigenvalue weighted by Crippen LogP contribution is 2.62. The van der Waals surface area contributed by atoms with Gasteiger partial charge in [-0.1, -0.05) is 0 Å². The topological polar surface area (TPSA) is 66.6 Å². The molecule has 4 nitrogen and oxygen atoms in total. The number of nitrogens with zero attached hydrogens (tertiary/aromatic N) is 1. The average molecular weight is 290 g/mol. The first-order valence-corrected chi connectivity index (χ1v) is 8.77. The van der Waals surface area contributed by atoms with Gasteiger partial charge in [0.1, 0.15) is 0 Å². The summed E-state index contributed by atoms with van der Waals surface area (Å²) in [5, 5.41) is 10.8. The number of carbonyl (C=O) groups is 1. The Bertz CT molecular complexity index is 491. The highest BCUT2D eigenvalue weighted by Gasteiger charge is 2.61. The highest BCUT2D eigenvalue weighted by molar-refractivity contribution is 5.83. The van der Waals surface area contributed by atoms with E-state index in [0.29, 0.717) is 17.9 Å². The maximum atomic E-state index is 12.9. The monoisotopic (exact) mass is 290 g/mol. The molecule has 0 radical (unpaired) electrons. The van der Waals surface area contributed by atoms with E-state index < -0.39 is 5.60 Å². The van der Waals surface area contributed by atoms with Crippen molar-refractivity contribution in [2.24, 2.45) is 28.9 Å². The van der Waals surface area contributed by atoms with Crippen molar-refractivity contribution in [3.8, 4) is 0 Å². The Kier molecular flexibility index (Phi) is 2.35. The fourth-order valence-corrected chi connectivity index (χ4v) is 6.76. The van der Waals surface area contributed by atoms with Crippen molar-refractivity contribution in [3.63, 3.8) is 0 Å². The van der Waals surface area contributed by atoms with Crippen LogP contribution in [0.15, 0.2) is 0 Å². The van der Waals surface area contributed by atoms with E-state index in [1.807, 2.05) is 0 Å². The smallest absolute Gasteiger partial charge is 0.240 e. The lowest BCUT2D eigenvalue weighted by Gasteiger charge is -2.61. The molecule has 5 atom stereocenters. The molecular weight excluding hydrogens is 264 g/mol. The zero-order valence-corrected chi connectivity index (χ0v) is 12.6. The van der Waals surface area contributed by atoms with Gasteiger partial charge in [0.2, 0.25) is 5.91 Å². The molecule has 5 aliphatic carbocycles. The van der Waals surface area contributed by atoms with Crippen molar-refractivity contribution in [1.82, 2.24) is 4.90 Å². The largest absolute Gasteiger partial charge is 0.390 e. The number of amides is 1. The predicted octanol–water partition coefficient (Wildman–Crippen LogP) is 1.27. The first-order valence-electron chi connectivity index (χ1n) is 8.77. The molecule has 0 aromatic heterocycles. The summed E-state index contributed by atoms with van der Waals surface area (Å²) >= 11 is 0. The SMILES string of the molecule is NC(C(=O)N1CCC2CC21)C12CC3CC(CC(O)(C3)C1)C2. The van der Waals surface area contributed by atoms with Gasteiger partial charge in [-0.05, 0) is 74.5 Å². The van der Waals surface area contributed by atoms with E-state index in [1.165, 1.54) is 19.3 Å². The molecule has 116 valence electrons. The molecule has 4 heteroatoms. The molecule has 4 bridgehead atoms. The van der Waals surface area contributed by atoms with Crippen LogP contribution in [0.3, 0.4) is 0 Å². The second-order valence-corrected chi connectivity index (χ2v) is 8.91. The number of hydrogen-bond acceptors (Lipinski definition) is 3. The van der Waals surface area contributed by atoms with Crippen LogP contribution in [0.2, 0.25) is 0 Å². The summed E-state index contributed by atoms with van der Waals surface area (Å²) in [7, 11) is 0. The van der Waals surface area contributed by atoms with Crippen molar-refractivity contribution < 1.29 is 9.90 Å².